The fraction of sp³-hybridized carbons (Fsp3) is 0.190. The highest BCUT2D eigenvalue weighted by Crippen LogP contribution is 2.31. The van der Waals surface area contributed by atoms with E-state index in [1.54, 1.807) is 0 Å². The summed E-state index contributed by atoms with van der Waals surface area (Å²) < 4.78 is 2.02. The first-order valence-corrected chi connectivity index (χ1v) is 8.39. The number of para-hydroxylation sites is 1. The molecule has 0 fully saturated rings. The van der Waals surface area contributed by atoms with Gasteiger partial charge in [-0.15, -0.1) is 0 Å². The fourth-order valence-corrected chi connectivity index (χ4v) is 3.44. The quantitative estimate of drug-likeness (QED) is 0.685. The predicted molar refractivity (Wildman–Crippen MR) is 96.8 cm³/mol. The zero-order valence-corrected chi connectivity index (χ0v) is 13.7. The summed E-state index contributed by atoms with van der Waals surface area (Å²) in [7, 11) is 0. The first-order chi connectivity index (χ1) is 11.7. The molecule has 1 aliphatic heterocycles. The Hall–Kier alpha value is -2.81. The van der Waals surface area contributed by atoms with Crippen molar-refractivity contribution < 1.29 is 4.79 Å². The first-order valence-electron chi connectivity index (χ1n) is 8.39. The molecule has 0 saturated carbocycles. The Morgan fingerprint density at radius 1 is 1.00 bits per heavy atom. The van der Waals surface area contributed by atoms with E-state index in [-0.39, 0.29) is 11.9 Å². The van der Waals surface area contributed by atoms with Gasteiger partial charge in [-0.25, -0.2) is 0 Å². The molecule has 0 bridgehead atoms. The molecular weight excluding hydrogens is 296 g/mol. The molecule has 1 aromatic heterocycles. The van der Waals surface area contributed by atoms with Gasteiger partial charge < -0.3 is 9.47 Å². The maximum Gasteiger partial charge on any atom is 0.258 e. The van der Waals surface area contributed by atoms with Crippen LogP contribution in [0.1, 0.15) is 29.3 Å². The van der Waals surface area contributed by atoms with Gasteiger partial charge in [0.2, 0.25) is 0 Å². The molecule has 0 unspecified atom stereocenters. The Morgan fingerprint density at radius 3 is 2.62 bits per heavy atom. The molecule has 0 saturated heterocycles. The van der Waals surface area contributed by atoms with E-state index in [4.69, 9.17) is 0 Å². The van der Waals surface area contributed by atoms with E-state index in [1.807, 2.05) is 70.4 Å². The third-order valence-corrected chi connectivity index (χ3v) is 4.74. The third-order valence-electron chi connectivity index (χ3n) is 4.74. The van der Waals surface area contributed by atoms with Crippen LogP contribution >= 0.6 is 0 Å². The second-order valence-corrected chi connectivity index (χ2v) is 6.33. The average Bonchev–Trinajstić information content (AvgIpc) is 3.16. The van der Waals surface area contributed by atoms with Crippen molar-refractivity contribution >= 4 is 11.6 Å². The van der Waals surface area contributed by atoms with Crippen molar-refractivity contribution in [1.82, 2.24) is 4.57 Å². The number of aryl methyl sites for hydroxylation is 1. The lowest BCUT2D eigenvalue weighted by Gasteiger charge is -2.35. The summed E-state index contributed by atoms with van der Waals surface area (Å²) >= 11 is 0. The monoisotopic (exact) mass is 316 g/mol. The molecule has 0 radical (unpaired) electrons. The van der Waals surface area contributed by atoms with Gasteiger partial charge in [-0.2, -0.15) is 0 Å². The Morgan fingerprint density at radius 2 is 1.79 bits per heavy atom. The van der Waals surface area contributed by atoms with Gasteiger partial charge in [-0.05, 0) is 61.7 Å². The average molecular weight is 316 g/mol. The lowest BCUT2D eigenvalue weighted by Crippen LogP contribution is -2.42. The number of benzene rings is 2. The molecule has 3 heteroatoms. The van der Waals surface area contributed by atoms with Crippen LogP contribution in [-0.4, -0.2) is 16.5 Å². The molecular formula is C21H20N2O. The molecule has 0 spiro atoms. The van der Waals surface area contributed by atoms with Gasteiger partial charge in [0.1, 0.15) is 0 Å². The molecule has 1 aliphatic rings. The van der Waals surface area contributed by atoms with E-state index in [9.17, 15) is 4.79 Å². The summed E-state index contributed by atoms with van der Waals surface area (Å²) in [5, 5.41) is 0. The third kappa shape index (κ3) is 2.52. The second-order valence-electron chi connectivity index (χ2n) is 6.33. The van der Waals surface area contributed by atoms with Crippen LogP contribution in [0, 0.1) is 0 Å². The van der Waals surface area contributed by atoms with Gasteiger partial charge in [0, 0.05) is 35.4 Å². The largest absolute Gasteiger partial charge is 0.324 e. The van der Waals surface area contributed by atoms with E-state index < -0.39 is 0 Å². The summed E-state index contributed by atoms with van der Waals surface area (Å²) in [5.41, 5.74) is 4.03. The van der Waals surface area contributed by atoms with E-state index in [2.05, 4.69) is 19.1 Å². The summed E-state index contributed by atoms with van der Waals surface area (Å²) in [6, 6.07) is 20.2. The van der Waals surface area contributed by atoms with Crippen molar-refractivity contribution in [2.24, 2.45) is 0 Å². The molecule has 3 nitrogen and oxygen atoms in total. The van der Waals surface area contributed by atoms with E-state index in [1.165, 1.54) is 5.56 Å². The summed E-state index contributed by atoms with van der Waals surface area (Å²) in [5.74, 6) is 0.0728. The number of anilines is 1. The van der Waals surface area contributed by atoms with Crippen LogP contribution in [0.15, 0.2) is 73.1 Å². The van der Waals surface area contributed by atoms with Crippen LogP contribution in [-0.2, 0) is 6.42 Å². The van der Waals surface area contributed by atoms with Gasteiger partial charge in [0.25, 0.3) is 5.91 Å². The Kier molecular flexibility index (Phi) is 3.69. The number of carbonyl (C=O) groups is 1. The lowest BCUT2D eigenvalue weighted by molar-refractivity contribution is 0.0975. The molecule has 1 amide bonds. The molecule has 4 rings (SSSR count). The number of nitrogens with zero attached hydrogens (tertiary/aromatic N) is 2. The highest BCUT2D eigenvalue weighted by molar-refractivity contribution is 6.07. The number of hydrogen-bond donors (Lipinski definition) is 0. The van der Waals surface area contributed by atoms with Crippen molar-refractivity contribution in [1.29, 1.82) is 0 Å². The van der Waals surface area contributed by atoms with Crippen molar-refractivity contribution in [3.8, 4) is 5.69 Å². The van der Waals surface area contributed by atoms with E-state index in [0.29, 0.717) is 0 Å². The van der Waals surface area contributed by atoms with E-state index in [0.717, 1.165) is 29.8 Å². The fourth-order valence-electron chi connectivity index (χ4n) is 3.44. The van der Waals surface area contributed by atoms with Gasteiger partial charge in [-0.1, -0.05) is 24.3 Å². The zero-order valence-electron chi connectivity index (χ0n) is 13.7. The van der Waals surface area contributed by atoms with Crippen molar-refractivity contribution in [2.75, 3.05) is 4.90 Å². The molecule has 0 aliphatic carbocycles. The molecule has 120 valence electrons. The van der Waals surface area contributed by atoms with Crippen LogP contribution < -0.4 is 4.90 Å². The van der Waals surface area contributed by atoms with E-state index >= 15 is 0 Å². The molecule has 0 N–H and O–H groups in total. The Bertz CT molecular complexity index is 867. The number of amides is 1. The maximum atomic E-state index is 13.2. The van der Waals surface area contributed by atoms with Crippen molar-refractivity contribution in [3.63, 3.8) is 0 Å². The van der Waals surface area contributed by atoms with Crippen molar-refractivity contribution in [2.45, 2.75) is 25.8 Å². The second kappa shape index (κ2) is 6.00. The molecule has 1 atom stereocenters. The summed E-state index contributed by atoms with van der Waals surface area (Å²) in [6.07, 6.45) is 6.01. The minimum Gasteiger partial charge on any atom is -0.324 e. The highest BCUT2D eigenvalue weighted by Gasteiger charge is 2.28. The molecule has 3 aromatic rings. The number of fused-ring (bicyclic) bond motifs is 1. The number of rotatable bonds is 2. The van der Waals surface area contributed by atoms with Crippen LogP contribution in [0.5, 0.6) is 0 Å². The minimum absolute atomic E-state index is 0.0728. The van der Waals surface area contributed by atoms with Gasteiger partial charge in [0.15, 0.2) is 0 Å². The number of carbonyl (C=O) groups excluding carboxylic acids is 1. The summed E-state index contributed by atoms with van der Waals surface area (Å²) in [6.45, 7) is 2.13. The zero-order chi connectivity index (χ0) is 16.5. The predicted octanol–water partition coefficient (Wildman–Crippen LogP) is 4.46. The summed E-state index contributed by atoms with van der Waals surface area (Å²) in [4.78, 5) is 15.2. The van der Waals surface area contributed by atoms with Crippen LogP contribution in [0.25, 0.3) is 5.69 Å². The maximum absolute atomic E-state index is 13.2. The van der Waals surface area contributed by atoms with Crippen molar-refractivity contribution in [3.05, 3.63) is 84.2 Å². The smallest absolute Gasteiger partial charge is 0.258 e. The van der Waals surface area contributed by atoms with Gasteiger partial charge in [0.05, 0.1) is 0 Å². The normalized spacial score (nSPS) is 16.7. The van der Waals surface area contributed by atoms with Gasteiger partial charge in [-0.3, -0.25) is 4.79 Å². The standard InChI is InChI=1S/C21H20N2O/c1-16-11-12-17-7-2-3-10-20(17)23(16)21(24)18-8-6-9-19(15-18)22-13-4-5-14-22/h2-10,13-16H,11-12H2,1H3/t16-/m0/s1. The SMILES string of the molecule is C[C@H]1CCc2ccccc2N1C(=O)c1cccc(-n2cccc2)c1. The Labute approximate surface area is 142 Å². The first kappa shape index (κ1) is 14.8. The van der Waals surface area contributed by atoms with Gasteiger partial charge >= 0.3 is 0 Å². The molecule has 24 heavy (non-hydrogen) atoms. The lowest BCUT2D eigenvalue weighted by atomic mass is 9.95. The Balaban J connectivity index is 1.73. The number of aromatic nitrogens is 1. The molecule has 2 aromatic carbocycles. The van der Waals surface area contributed by atoms with Crippen LogP contribution in [0.2, 0.25) is 0 Å². The molecule has 2 heterocycles. The van der Waals surface area contributed by atoms with Crippen LogP contribution in [0.4, 0.5) is 5.69 Å². The minimum atomic E-state index is 0.0728. The highest BCUT2D eigenvalue weighted by atomic mass is 16.2. The number of hydrogen-bond acceptors (Lipinski definition) is 1. The van der Waals surface area contributed by atoms with Crippen LogP contribution in [0.3, 0.4) is 0 Å². The topological polar surface area (TPSA) is 25.2 Å².